The molecule has 0 amide bonds. The van der Waals surface area contributed by atoms with Crippen LogP contribution in [0, 0.1) is 0 Å². The van der Waals surface area contributed by atoms with E-state index in [1.165, 1.54) is 24.3 Å². The number of carbonyl (C=O) groups is 2. The number of benzene rings is 2. The Morgan fingerprint density at radius 1 is 0.731 bits per heavy atom. The maximum atomic E-state index is 12.8. The molecule has 0 unspecified atom stereocenters. The molecule has 2 atom stereocenters. The molecular formula is C20H22O6. The first-order valence-electron chi connectivity index (χ1n) is 8.33. The zero-order chi connectivity index (χ0) is 19.2. The fourth-order valence-electron chi connectivity index (χ4n) is 2.78. The largest absolute Gasteiger partial charge is 0.463 e. The lowest BCUT2D eigenvalue weighted by molar-refractivity contribution is -0.219. The van der Waals surface area contributed by atoms with Crippen molar-refractivity contribution in [2.75, 3.05) is 13.2 Å². The quantitative estimate of drug-likeness (QED) is 0.734. The SMILES string of the molecule is CCOC(=O)[C@@](O)(c1ccccc1)[C@@](O)(C(=O)OCC)c1ccccc1. The third kappa shape index (κ3) is 3.21. The number of rotatable bonds is 7. The zero-order valence-corrected chi connectivity index (χ0v) is 14.7. The van der Waals surface area contributed by atoms with Gasteiger partial charge in [0.2, 0.25) is 11.2 Å². The van der Waals surface area contributed by atoms with Crippen LogP contribution in [0.15, 0.2) is 60.7 Å². The molecular weight excluding hydrogens is 336 g/mol. The van der Waals surface area contributed by atoms with Crippen molar-refractivity contribution in [2.24, 2.45) is 0 Å². The van der Waals surface area contributed by atoms with Crippen LogP contribution in [-0.4, -0.2) is 35.4 Å². The molecule has 0 saturated heterocycles. The van der Waals surface area contributed by atoms with Crippen LogP contribution in [-0.2, 0) is 30.3 Å². The number of aliphatic hydroxyl groups is 2. The molecule has 2 rings (SSSR count). The molecule has 0 aromatic heterocycles. The van der Waals surface area contributed by atoms with Crippen LogP contribution in [0.1, 0.15) is 25.0 Å². The summed E-state index contributed by atoms with van der Waals surface area (Å²) in [6.45, 7) is 3.05. The Morgan fingerprint density at radius 2 is 1.04 bits per heavy atom. The van der Waals surface area contributed by atoms with Gasteiger partial charge in [0.1, 0.15) is 0 Å². The molecule has 0 radical (unpaired) electrons. The van der Waals surface area contributed by atoms with E-state index in [0.29, 0.717) is 0 Å². The summed E-state index contributed by atoms with van der Waals surface area (Å²) in [5.74, 6) is -2.30. The molecule has 6 heteroatoms. The van der Waals surface area contributed by atoms with E-state index in [0.717, 1.165) is 0 Å². The van der Waals surface area contributed by atoms with Crippen molar-refractivity contribution in [3.05, 3.63) is 71.8 Å². The van der Waals surface area contributed by atoms with E-state index in [-0.39, 0.29) is 24.3 Å². The van der Waals surface area contributed by atoms with Gasteiger partial charge in [0.05, 0.1) is 13.2 Å². The highest BCUT2D eigenvalue weighted by atomic mass is 16.6. The molecule has 6 nitrogen and oxygen atoms in total. The molecule has 0 aliphatic carbocycles. The van der Waals surface area contributed by atoms with Crippen LogP contribution in [0.5, 0.6) is 0 Å². The van der Waals surface area contributed by atoms with E-state index in [1.807, 2.05) is 0 Å². The molecule has 2 N–H and O–H groups in total. The van der Waals surface area contributed by atoms with Crippen LogP contribution >= 0.6 is 0 Å². The van der Waals surface area contributed by atoms with Crippen molar-refractivity contribution in [2.45, 2.75) is 25.0 Å². The molecule has 0 heterocycles. The van der Waals surface area contributed by atoms with Crippen molar-refractivity contribution >= 4 is 11.9 Å². The Kier molecular flexibility index (Phi) is 6.13. The van der Waals surface area contributed by atoms with Gasteiger partial charge in [0.15, 0.2) is 0 Å². The lowest BCUT2D eigenvalue weighted by atomic mass is 9.73. The second kappa shape index (κ2) is 8.12. The number of ether oxygens (including phenoxy) is 2. The van der Waals surface area contributed by atoms with Crippen LogP contribution in [0.4, 0.5) is 0 Å². The zero-order valence-electron chi connectivity index (χ0n) is 14.7. The highest BCUT2D eigenvalue weighted by molar-refractivity contribution is 5.94. The van der Waals surface area contributed by atoms with E-state index in [2.05, 4.69) is 0 Å². The van der Waals surface area contributed by atoms with Gasteiger partial charge in [-0.3, -0.25) is 0 Å². The third-order valence-electron chi connectivity index (χ3n) is 4.05. The van der Waals surface area contributed by atoms with Crippen molar-refractivity contribution in [1.82, 2.24) is 0 Å². The fraction of sp³-hybridized carbons (Fsp3) is 0.300. The van der Waals surface area contributed by atoms with Crippen LogP contribution < -0.4 is 0 Å². The maximum absolute atomic E-state index is 12.8. The molecule has 0 aliphatic rings. The minimum atomic E-state index is -2.70. The van der Waals surface area contributed by atoms with Gasteiger partial charge in [-0.2, -0.15) is 0 Å². The van der Waals surface area contributed by atoms with Gasteiger partial charge in [-0.1, -0.05) is 60.7 Å². The summed E-state index contributed by atoms with van der Waals surface area (Å²) < 4.78 is 10.0. The molecule has 138 valence electrons. The second-order valence-electron chi connectivity index (χ2n) is 5.59. The van der Waals surface area contributed by atoms with Gasteiger partial charge < -0.3 is 19.7 Å². The predicted molar refractivity (Wildman–Crippen MR) is 93.9 cm³/mol. The minimum absolute atomic E-state index is 0.0119. The summed E-state index contributed by atoms with van der Waals surface area (Å²) in [6, 6.07) is 15.4. The first kappa shape index (κ1) is 19.6. The molecule has 2 aromatic carbocycles. The number of hydrogen-bond acceptors (Lipinski definition) is 6. The Morgan fingerprint density at radius 3 is 1.31 bits per heavy atom. The van der Waals surface area contributed by atoms with Crippen molar-refractivity contribution in [3.63, 3.8) is 0 Å². The van der Waals surface area contributed by atoms with Gasteiger partial charge in [0.25, 0.3) is 0 Å². The minimum Gasteiger partial charge on any atom is -0.463 e. The standard InChI is InChI=1S/C20H22O6/c1-3-25-17(21)19(23,15-11-7-5-8-12-15)20(24,18(22)26-4-2)16-13-9-6-10-14-16/h5-14,23-24H,3-4H2,1-2H3/t19-,20-/m0/s1. The number of esters is 2. The summed E-state index contributed by atoms with van der Waals surface area (Å²) in [4.78, 5) is 25.5. The summed E-state index contributed by atoms with van der Waals surface area (Å²) in [5.41, 5.74) is -5.37. The van der Waals surface area contributed by atoms with Crippen molar-refractivity contribution < 1.29 is 29.3 Å². The van der Waals surface area contributed by atoms with Gasteiger partial charge in [0, 0.05) is 0 Å². The third-order valence-corrected chi connectivity index (χ3v) is 4.05. The first-order chi connectivity index (χ1) is 12.4. The van der Waals surface area contributed by atoms with Crippen LogP contribution in [0.25, 0.3) is 0 Å². The lowest BCUT2D eigenvalue weighted by Gasteiger charge is -2.39. The first-order valence-corrected chi connectivity index (χ1v) is 8.33. The van der Waals surface area contributed by atoms with E-state index >= 15 is 0 Å². The fourth-order valence-corrected chi connectivity index (χ4v) is 2.78. The summed E-state index contributed by atoms with van der Waals surface area (Å²) in [6.07, 6.45) is 0. The topological polar surface area (TPSA) is 93.1 Å². The van der Waals surface area contributed by atoms with Crippen molar-refractivity contribution in [1.29, 1.82) is 0 Å². The summed E-state index contributed by atoms with van der Waals surface area (Å²) in [5, 5.41) is 22.9. The Balaban J connectivity index is 2.78. The maximum Gasteiger partial charge on any atom is 0.347 e. The Bertz CT molecular complexity index is 680. The normalized spacial score (nSPS) is 15.4. The Hall–Kier alpha value is -2.70. The van der Waals surface area contributed by atoms with E-state index < -0.39 is 23.1 Å². The highest BCUT2D eigenvalue weighted by Gasteiger charge is 2.64. The van der Waals surface area contributed by atoms with Gasteiger partial charge in [-0.05, 0) is 25.0 Å². The van der Waals surface area contributed by atoms with Gasteiger partial charge in [-0.15, -0.1) is 0 Å². The average Bonchev–Trinajstić information content (AvgIpc) is 2.68. The molecule has 0 fully saturated rings. The molecule has 0 spiro atoms. The molecule has 0 saturated carbocycles. The van der Waals surface area contributed by atoms with E-state index in [9.17, 15) is 19.8 Å². The number of carbonyl (C=O) groups excluding carboxylic acids is 2. The molecule has 26 heavy (non-hydrogen) atoms. The molecule has 0 bridgehead atoms. The summed E-state index contributed by atoms with van der Waals surface area (Å²) in [7, 11) is 0. The van der Waals surface area contributed by atoms with Gasteiger partial charge in [-0.25, -0.2) is 9.59 Å². The van der Waals surface area contributed by atoms with Crippen LogP contribution in [0.3, 0.4) is 0 Å². The van der Waals surface area contributed by atoms with Crippen molar-refractivity contribution in [3.8, 4) is 0 Å². The molecule has 2 aromatic rings. The van der Waals surface area contributed by atoms with E-state index in [4.69, 9.17) is 9.47 Å². The lowest BCUT2D eigenvalue weighted by Crippen LogP contribution is -2.60. The average molecular weight is 358 g/mol. The van der Waals surface area contributed by atoms with E-state index in [1.54, 1.807) is 50.2 Å². The Labute approximate surface area is 152 Å². The monoisotopic (exact) mass is 358 g/mol. The predicted octanol–water partition coefficient (Wildman–Crippen LogP) is 1.89. The number of hydrogen-bond donors (Lipinski definition) is 2. The highest BCUT2D eigenvalue weighted by Crippen LogP contribution is 2.43. The molecule has 0 aliphatic heterocycles. The van der Waals surface area contributed by atoms with Gasteiger partial charge >= 0.3 is 11.9 Å². The van der Waals surface area contributed by atoms with Crippen LogP contribution in [0.2, 0.25) is 0 Å². The summed E-state index contributed by atoms with van der Waals surface area (Å²) >= 11 is 0. The second-order valence-corrected chi connectivity index (χ2v) is 5.59. The smallest absolute Gasteiger partial charge is 0.347 e.